The molecule has 174 valence electrons. The van der Waals surface area contributed by atoms with Crippen molar-refractivity contribution in [3.8, 4) is 0 Å². The Bertz CT molecular complexity index is 854. The number of rotatable bonds is 6. The predicted octanol–water partition coefficient (Wildman–Crippen LogP) is -0.937. The number of carbonyl (C=O) groups excluding carboxylic acids is 1. The number of esters is 1. The molecule has 9 atom stereocenters. The summed E-state index contributed by atoms with van der Waals surface area (Å²) in [5.41, 5.74) is 0.947. The molecule has 1 aliphatic carbocycles. The Morgan fingerprint density at radius 2 is 1.75 bits per heavy atom. The molecule has 0 aromatic heterocycles. The van der Waals surface area contributed by atoms with Gasteiger partial charge in [0.25, 0.3) is 0 Å². The highest BCUT2D eigenvalue weighted by Crippen LogP contribution is 2.41. The van der Waals surface area contributed by atoms with Crippen molar-refractivity contribution in [3.63, 3.8) is 0 Å². The Morgan fingerprint density at radius 3 is 2.47 bits per heavy atom. The van der Waals surface area contributed by atoms with Gasteiger partial charge in [-0.05, 0) is 23.8 Å². The normalized spacial score (nSPS) is 38.5. The highest BCUT2D eigenvalue weighted by molar-refractivity contribution is 5.89. The molecule has 2 aliphatic heterocycles. The van der Waals surface area contributed by atoms with Crippen LogP contribution in [0.3, 0.4) is 0 Å². The molecule has 32 heavy (non-hydrogen) atoms. The zero-order valence-corrected chi connectivity index (χ0v) is 17.0. The number of carbonyl (C=O) groups is 1. The molecule has 10 heteroatoms. The van der Waals surface area contributed by atoms with E-state index >= 15 is 0 Å². The molecule has 0 spiro atoms. The molecule has 0 saturated carbocycles. The second-order valence-electron chi connectivity index (χ2n) is 7.94. The Balaban J connectivity index is 1.46. The molecular formula is C22H26O10. The molecule has 0 bridgehead atoms. The molecule has 5 N–H and O–H groups in total. The topological polar surface area (TPSA) is 155 Å². The first-order valence-electron chi connectivity index (χ1n) is 10.3. The van der Waals surface area contributed by atoms with E-state index in [1.807, 2.05) is 0 Å². The summed E-state index contributed by atoms with van der Waals surface area (Å²) >= 11 is 0. The van der Waals surface area contributed by atoms with E-state index in [2.05, 4.69) is 0 Å². The van der Waals surface area contributed by atoms with Gasteiger partial charge in [0.15, 0.2) is 6.29 Å². The molecule has 0 radical (unpaired) electrons. The van der Waals surface area contributed by atoms with E-state index in [9.17, 15) is 30.3 Å². The quantitative estimate of drug-likeness (QED) is 0.271. The number of ether oxygens (including phenoxy) is 4. The SMILES string of the molecule is O=C(OCC1=C[C@@H](O)[C@@H]2C=CO[C@@H](O[C@@H]3O[C@H](CO)[C@@H](O)[C@H](O)[C@H]3O)[C@H]12)c1ccccc1. The lowest BCUT2D eigenvalue weighted by Gasteiger charge is -2.42. The van der Waals surface area contributed by atoms with Crippen molar-refractivity contribution in [2.24, 2.45) is 11.8 Å². The fourth-order valence-corrected chi connectivity index (χ4v) is 4.17. The van der Waals surface area contributed by atoms with E-state index in [4.69, 9.17) is 18.9 Å². The van der Waals surface area contributed by atoms with Gasteiger partial charge in [-0.15, -0.1) is 0 Å². The van der Waals surface area contributed by atoms with Crippen LogP contribution in [0.15, 0.2) is 54.3 Å². The van der Waals surface area contributed by atoms with Gasteiger partial charge in [-0.2, -0.15) is 0 Å². The van der Waals surface area contributed by atoms with Crippen molar-refractivity contribution >= 4 is 5.97 Å². The van der Waals surface area contributed by atoms with E-state index in [0.717, 1.165) is 0 Å². The molecular weight excluding hydrogens is 424 g/mol. The summed E-state index contributed by atoms with van der Waals surface area (Å²) in [4.78, 5) is 12.3. The highest BCUT2D eigenvalue weighted by atomic mass is 16.8. The number of benzene rings is 1. The molecule has 2 heterocycles. The van der Waals surface area contributed by atoms with Gasteiger partial charge in [0.1, 0.15) is 31.0 Å². The minimum absolute atomic E-state index is 0.113. The van der Waals surface area contributed by atoms with Gasteiger partial charge < -0.3 is 44.5 Å². The van der Waals surface area contributed by atoms with Crippen LogP contribution in [0.2, 0.25) is 0 Å². The fourth-order valence-electron chi connectivity index (χ4n) is 4.17. The van der Waals surface area contributed by atoms with Crippen LogP contribution in [0.25, 0.3) is 0 Å². The molecule has 4 rings (SSSR count). The lowest BCUT2D eigenvalue weighted by Crippen LogP contribution is -2.60. The maximum atomic E-state index is 12.3. The van der Waals surface area contributed by atoms with Crippen molar-refractivity contribution in [1.29, 1.82) is 0 Å². The summed E-state index contributed by atoms with van der Waals surface area (Å²) in [7, 11) is 0. The third-order valence-corrected chi connectivity index (χ3v) is 5.92. The van der Waals surface area contributed by atoms with Crippen LogP contribution in [0.5, 0.6) is 0 Å². The number of aliphatic hydroxyl groups excluding tert-OH is 5. The highest BCUT2D eigenvalue weighted by Gasteiger charge is 2.49. The first kappa shape index (κ1) is 22.9. The Hall–Kier alpha value is -2.31. The van der Waals surface area contributed by atoms with E-state index in [0.29, 0.717) is 11.1 Å². The minimum Gasteiger partial charge on any atom is -0.472 e. The minimum atomic E-state index is -1.60. The van der Waals surface area contributed by atoms with Gasteiger partial charge in [-0.1, -0.05) is 24.3 Å². The van der Waals surface area contributed by atoms with Gasteiger partial charge in [-0.3, -0.25) is 0 Å². The van der Waals surface area contributed by atoms with Crippen LogP contribution in [0.4, 0.5) is 0 Å². The van der Waals surface area contributed by atoms with E-state index < -0.39 is 67.5 Å². The van der Waals surface area contributed by atoms with Gasteiger partial charge in [0.05, 0.1) is 30.5 Å². The first-order chi connectivity index (χ1) is 15.4. The van der Waals surface area contributed by atoms with Crippen LogP contribution >= 0.6 is 0 Å². The fraction of sp³-hybridized carbons (Fsp3) is 0.500. The average molecular weight is 450 g/mol. The van der Waals surface area contributed by atoms with Crippen LogP contribution < -0.4 is 0 Å². The van der Waals surface area contributed by atoms with Crippen LogP contribution in [-0.4, -0.2) is 87.8 Å². The van der Waals surface area contributed by atoms with Gasteiger partial charge in [-0.25, -0.2) is 4.79 Å². The van der Waals surface area contributed by atoms with Gasteiger partial charge in [0, 0.05) is 5.92 Å². The molecule has 1 fully saturated rings. The molecule has 1 saturated heterocycles. The Kier molecular flexibility index (Phi) is 6.91. The second-order valence-corrected chi connectivity index (χ2v) is 7.94. The zero-order chi connectivity index (χ0) is 22.8. The summed E-state index contributed by atoms with van der Waals surface area (Å²) < 4.78 is 22.1. The summed E-state index contributed by atoms with van der Waals surface area (Å²) in [5.74, 6) is -1.52. The van der Waals surface area contributed by atoms with Gasteiger partial charge in [0.2, 0.25) is 6.29 Å². The van der Waals surface area contributed by atoms with E-state index in [-0.39, 0.29) is 6.61 Å². The smallest absolute Gasteiger partial charge is 0.338 e. The lowest BCUT2D eigenvalue weighted by atomic mass is 9.88. The molecule has 0 amide bonds. The molecule has 1 aromatic rings. The third-order valence-electron chi connectivity index (χ3n) is 5.92. The van der Waals surface area contributed by atoms with Crippen molar-refractivity contribution in [1.82, 2.24) is 0 Å². The number of aliphatic hydroxyl groups is 5. The summed E-state index contributed by atoms with van der Waals surface area (Å²) in [6.45, 7) is -0.709. The summed E-state index contributed by atoms with van der Waals surface area (Å²) in [5, 5.41) is 50.0. The van der Waals surface area contributed by atoms with Crippen molar-refractivity contribution < 1.29 is 49.3 Å². The number of fused-ring (bicyclic) bond motifs is 1. The lowest BCUT2D eigenvalue weighted by molar-refractivity contribution is -0.339. The van der Waals surface area contributed by atoms with Crippen molar-refractivity contribution in [3.05, 3.63) is 59.9 Å². The zero-order valence-electron chi connectivity index (χ0n) is 17.0. The van der Waals surface area contributed by atoms with E-state index in [1.165, 1.54) is 6.26 Å². The molecule has 0 unspecified atom stereocenters. The molecule has 3 aliphatic rings. The van der Waals surface area contributed by atoms with Crippen LogP contribution in [0, 0.1) is 11.8 Å². The van der Waals surface area contributed by atoms with Crippen LogP contribution in [-0.2, 0) is 18.9 Å². The average Bonchev–Trinajstić information content (AvgIpc) is 3.14. The molecule has 1 aromatic carbocycles. The number of hydrogen-bond acceptors (Lipinski definition) is 10. The summed E-state index contributed by atoms with van der Waals surface area (Å²) in [6.07, 6.45) is -4.61. The Morgan fingerprint density at radius 1 is 1.00 bits per heavy atom. The second kappa shape index (κ2) is 9.67. The van der Waals surface area contributed by atoms with E-state index in [1.54, 1.807) is 42.5 Å². The first-order valence-corrected chi connectivity index (χ1v) is 10.3. The predicted molar refractivity (Wildman–Crippen MR) is 107 cm³/mol. The largest absolute Gasteiger partial charge is 0.472 e. The summed E-state index contributed by atoms with van der Waals surface area (Å²) in [6, 6.07) is 8.47. The Labute approximate surface area is 183 Å². The van der Waals surface area contributed by atoms with Crippen molar-refractivity contribution in [2.75, 3.05) is 13.2 Å². The third kappa shape index (κ3) is 4.44. The van der Waals surface area contributed by atoms with Crippen molar-refractivity contribution in [2.45, 2.75) is 43.1 Å². The monoisotopic (exact) mass is 450 g/mol. The maximum Gasteiger partial charge on any atom is 0.338 e. The standard InChI is InChI=1S/C22H26O10/c23-9-15-17(25)18(26)19(27)22(31-15)32-21-16-12(8-14(24)13(16)6-7-29-21)10-30-20(28)11-4-2-1-3-5-11/h1-8,13-19,21-27H,9-10H2/t13-,14+,15+,16+,17+,18-,19+,21-,22-/m0/s1. The van der Waals surface area contributed by atoms with Crippen LogP contribution in [0.1, 0.15) is 10.4 Å². The molecule has 10 nitrogen and oxygen atoms in total. The number of hydrogen-bond donors (Lipinski definition) is 5. The maximum absolute atomic E-state index is 12.3. The van der Waals surface area contributed by atoms with Gasteiger partial charge >= 0.3 is 5.97 Å².